The molecule has 2 aromatic rings. The molecule has 0 radical (unpaired) electrons. The summed E-state index contributed by atoms with van der Waals surface area (Å²) in [6.45, 7) is 11.9. The summed E-state index contributed by atoms with van der Waals surface area (Å²) in [5, 5.41) is 20.4. The number of benzene rings is 2. The van der Waals surface area contributed by atoms with Crippen molar-refractivity contribution in [1.29, 1.82) is 5.26 Å². The van der Waals surface area contributed by atoms with Crippen molar-refractivity contribution < 1.29 is 13.5 Å². The van der Waals surface area contributed by atoms with Crippen LogP contribution in [0.3, 0.4) is 0 Å². The number of phenolic OH excluding ortho intramolecular Hbond substituents is 1. The third kappa shape index (κ3) is 5.20. The Balaban J connectivity index is 2.73. The highest BCUT2D eigenvalue weighted by Gasteiger charge is 2.27. The number of aromatic hydroxyl groups is 1. The highest BCUT2D eigenvalue weighted by Crippen LogP contribution is 2.40. The molecule has 6 heteroatoms. The van der Waals surface area contributed by atoms with E-state index in [1.807, 2.05) is 47.6 Å². The van der Waals surface area contributed by atoms with E-state index >= 15 is 0 Å². The maximum absolute atomic E-state index is 13.0. The third-order valence-electron chi connectivity index (χ3n) is 4.57. The first-order valence-electron chi connectivity index (χ1n) is 9.18. The molecule has 0 heterocycles. The van der Waals surface area contributed by atoms with Gasteiger partial charge in [0.2, 0.25) is 9.84 Å². The van der Waals surface area contributed by atoms with E-state index in [0.717, 1.165) is 3.57 Å². The number of sulfone groups is 1. The number of rotatable bonds is 3. The normalized spacial score (nSPS) is 13.2. The van der Waals surface area contributed by atoms with Crippen molar-refractivity contribution >= 4 is 38.5 Å². The van der Waals surface area contributed by atoms with E-state index < -0.39 is 9.84 Å². The van der Waals surface area contributed by atoms with Gasteiger partial charge in [-0.1, -0.05) is 41.5 Å². The molecule has 0 aromatic heterocycles. The average molecular weight is 523 g/mol. The molecule has 2 aromatic carbocycles. The maximum atomic E-state index is 13.0. The Morgan fingerprint density at radius 3 is 1.83 bits per heavy atom. The highest BCUT2D eigenvalue weighted by molar-refractivity contribution is 14.1. The fourth-order valence-electron chi connectivity index (χ4n) is 2.95. The summed E-state index contributed by atoms with van der Waals surface area (Å²) in [6, 6.07) is 11.7. The molecule has 0 aliphatic heterocycles. The largest absolute Gasteiger partial charge is 0.507 e. The molecule has 0 atom stereocenters. The van der Waals surface area contributed by atoms with Crippen LogP contribution in [0.25, 0.3) is 6.08 Å². The van der Waals surface area contributed by atoms with Crippen molar-refractivity contribution in [2.24, 2.45) is 0 Å². The van der Waals surface area contributed by atoms with Gasteiger partial charge in [-0.05, 0) is 81.5 Å². The second-order valence-electron chi connectivity index (χ2n) is 9.04. The molecule has 0 fully saturated rings. The van der Waals surface area contributed by atoms with E-state index in [9.17, 15) is 18.8 Å². The first-order chi connectivity index (χ1) is 13.2. The summed E-state index contributed by atoms with van der Waals surface area (Å²) < 4.78 is 26.8. The second kappa shape index (κ2) is 8.11. The number of hydrogen-bond donors (Lipinski definition) is 1. The van der Waals surface area contributed by atoms with Gasteiger partial charge >= 0.3 is 0 Å². The number of halogens is 1. The number of nitriles is 1. The first-order valence-corrected chi connectivity index (χ1v) is 11.7. The number of allylic oxidation sites excluding steroid dienone is 1. The molecule has 1 N–H and O–H groups in total. The summed E-state index contributed by atoms with van der Waals surface area (Å²) in [7, 11) is -3.94. The van der Waals surface area contributed by atoms with Crippen LogP contribution in [0.2, 0.25) is 0 Å². The molecule has 29 heavy (non-hydrogen) atoms. The fourth-order valence-corrected chi connectivity index (χ4v) is 4.46. The van der Waals surface area contributed by atoms with Crippen LogP contribution in [0.4, 0.5) is 0 Å². The Labute approximate surface area is 187 Å². The van der Waals surface area contributed by atoms with Crippen LogP contribution in [0, 0.1) is 14.9 Å². The lowest BCUT2D eigenvalue weighted by molar-refractivity contribution is 0.423. The van der Waals surface area contributed by atoms with E-state index in [1.165, 1.54) is 18.2 Å². The zero-order valence-corrected chi connectivity index (χ0v) is 20.5. The molecule has 0 aliphatic carbocycles. The van der Waals surface area contributed by atoms with Crippen LogP contribution < -0.4 is 0 Å². The lowest BCUT2D eigenvalue weighted by Crippen LogP contribution is -2.17. The van der Waals surface area contributed by atoms with Gasteiger partial charge in [-0.2, -0.15) is 5.26 Å². The molecule has 4 nitrogen and oxygen atoms in total. The van der Waals surface area contributed by atoms with Crippen LogP contribution in [-0.2, 0) is 20.7 Å². The van der Waals surface area contributed by atoms with E-state index in [-0.39, 0.29) is 26.4 Å². The Morgan fingerprint density at radius 2 is 1.45 bits per heavy atom. The van der Waals surface area contributed by atoms with Gasteiger partial charge in [0.25, 0.3) is 0 Å². The highest BCUT2D eigenvalue weighted by atomic mass is 127. The van der Waals surface area contributed by atoms with E-state index in [2.05, 4.69) is 22.6 Å². The van der Waals surface area contributed by atoms with Gasteiger partial charge in [-0.3, -0.25) is 0 Å². The standard InChI is InChI=1S/C23H26INO3S/c1-22(2,3)19-12-15(13-20(21(19)26)23(4,5)6)11-18(14-25)29(27,28)17-9-7-16(24)8-10-17/h7-13,26H,1-6H3. The third-order valence-corrected chi connectivity index (χ3v) is 6.97. The Hall–Kier alpha value is -1.85. The molecule has 0 unspecified atom stereocenters. The lowest BCUT2D eigenvalue weighted by atomic mass is 9.78. The predicted octanol–water partition coefficient (Wildman–Crippen LogP) is 5.93. The summed E-state index contributed by atoms with van der Waals surface area (Å²) in [5.41, 5.74) is 1.29. The van der Waals surface area contributed by atoms with Gasteiger partial charge < -0.3 is 5.11 Å². The smallest absolute Gasteiger partial charge is 0.216 e. The van der Waals surface area contributed by atoms with Gasteiger partial charge in [0.15, 0.2) is 0 Å². The Morgan fingerprint density at radius 1 is 1.00 bits per heavy atom. The van der Waals surface area contributed by atoms with Crippen LogP contribution in [0.1, 0.15) is 58.2 Å². The van der Waals surface area contributed by atoms with Crippen LogP contribution in [0.5, 0.6) is 5.75 Å². The van der Waals surface area contributed by atoms with E-state index in [0.29, 0.717) is 16.7 Å². The monoisotopic (exact) mass is 523 g/mol. The number of nitrogens with zero attached hydrogens (tertiary/aromatic N) is 1. The molecule has 0 saturated heterocycles. The van der Waals surface area contributed by atoms with Crippen molar-refractivity contribution in [2.45, 2.75) is 57.3 Å². The number of phenols is 1. The van der Waals surface area contributed by atoms with Crippen LogP contribution in [0.15, 0.2) is 46.2 Å². The summed E-state index contributed by atoms with van der Waals surface area (Å²) in [6.07, 6.45) is 1.39. The minimum Gasteiger partial charge on any atom is -0.507 e. The minimum absolute atomic E-state index is 0.0802. The molecule has 154 valence electrons. The molecular weight excluding hydrogens is 497 g/mol. The van der Waals surface area contributed by atoms with E-state index in [1.54, 1.807) is 24.3 Å². The molecule has 0 bridgehead atoms. The summed E-state index contributed by atoms with van der Waals surface area (Å²) >= 11 is 2.10. The van der Waals surface area contributed by atoms with Gasteiger partial charge in [0, 0.05) is 14.7 Å². The Kier molecular flexibility index (Phi) is 6.56. The second-order valence-corrected chi connectivity index (χ2v) is 12.2. The van der Waals surface area contributed by atoms with Gasteiger partial charge in [-0.15, -0.1) is 0 Å². The van der Waals surface area contributed by atoms with Gasteiger partial charge in [-0.25, -0.2) is 8.42 Å². The minimum atomic E-state index is -3.94. The van der Waals surface area contributed by atoms with Crippen molar-refractivity contribution in [3.63, 3.8) is 0 Å². The quantitative estimate of drug-likeness (QED) is 0.400. The van der Waals surface area contributed by atoms with Gasteiger partial charge in [0.1, 0.15) is 16.7 Å². The molecule has 0 saturated carbocycles. The van der Waals surface area contributed by atoms with Crippen molar-refractivity contribution in [1.82, 2.24) is 0 Å². The topological polar surface area (TPSA) is 78.2 Å². The molecule has 2 rings (SSSR count). The number of hydrogen-bond acceptors (Lipinski definition) is 4. The van der Waals surface area contributed by atoms with Crippen molar-refractivity contribution in [3.05, 3.63) is 61.6 Å². The predicted molar refractivity (Wildman–Crippen MR) is 125 cm³/mol. The Bertz CT molecular complexity index is 1060. The maximum Gasteiger partial charge on any atom is 0.216 e. The average Bonchev–Trinajstić information content (AvgIpc) is 2.58. The molecular formula is C23H26INO3S. The SMILES string of the molecule is CC(C)(C)c1cc(C=C(C#N)S(=O)(=O)c2ccc(I)cc2)cc(C(C)(C)C)c1O. The summed E-state index contributed by atoms with van der Waals surface area (Å²) in [5.74, 6) is 0.209. The molecule has 0 aliphatic rings. The zero-order chi connectivity index (χ0) is 22.2. The van der Waals surface area contributed by atoms with E-state index in [4.69, 9.17) is 0 Å². The van der Waals surface area contributed by atoms with Crippen LogP contribution in [-0.4, -0.2) is 13.5 Å². The zero-order valence-electron chi connectivity index (χ0n) is 17.5. The molecule has 0 amide bonds. The van der Waals surface area contributed by atoms with Gasteiger partial charge in [0.05, 0.1) is 4.90 Å². The van der Waals surface area contributed by atoms with Crippen molar-refractivity contribution in [2.75, 3.05) is 0 Å². The molecule has 0 spiro atoms. The van der Waals surface area contributed by atoms with Crippen LogP contribution >= 0.6 is 22.6 Å². The van der Waals surface area contributed by atoms with Crippen molar-refractivity contribution in [3.8, 4) is 11.8 Å². The summed E-state index contributed by atoms with van der Waals surface area (Å²) in [4.78, 5) is -0.249. The fraction of sp³-hybridized carbons (Fsp3) is 0.348. The lowest BCUT2D eigenvalue weighted by Gasteiger charge is -2.28. The first kappa shape index (κ1) is 23.4.